The van der Waals surface area contributed by atoms with Gasteiger partial charge in [-0.05, 0) is 84.9 Å². The summed E-state index contributed by atoms with van der Waals surface area (Å²) in [6.45, 7) is 17.2. The molecule has 4 aliphatic carbocycles. The first-order valence-electron chi connectivity index (χ1n) is 10.1. The zero-order valence-corrected chi connectivity index (χ0v) is 16.0. The van der Waals surface area contributed by atoms with Crippen LogP contribution in [0.5, 0.6) is 0 Å². The third-order valence-corrected chi connectivity index (χ3v) is 9.08. The summed E-state index contributed by atoms with van der Waals surface area (Å²) in [7, 11) is 0. The van der Waals surface area contributed by atoms with E-state index in [1.165, 1.54) is 44.1 Å². The van der Waals surface area contributed by atoms with Crippen molar-refractivity contribution >= 4 is 0 Å². The van der Waals surface area contributed by atoms with E-state index in [0.717, 1.165) is 35.5 Å². The largest absolute Gasteiger partial charge is 0.0958 e. The van der Waals surface area contributed by atoms with Gasteiger partial charge in [0.25, 0.3) is 0 Å². The van der Waals surface area contributed by atoms with Crippen LogP contribution in [0, 0.1) is 46.3 Å². The van der Waals surface area contributed by atoms with Gasteiger partial charge >= 0.3 is 0 Å². The molecule has 0 amide bonds. The number of hydrogen-bond acceptors (Lipinski definition) is 0. The Morgan fingerprint density at radius 2 is 1.78 bits per heavy atom. The van der Waals surface area contributed by atoms with Crippen molar-refractivity contribution < 1.29 is 0 Å². The quantitative estimate of drug-likeness (QED) is 0.470. The molecular formula is C23H36. The van der Waals surface area contributed by atoms with E-state index >= 15 is 0 Å². The minimum absolute atomic E-state index is 0.535. The van der Waals surface area contributed by atoms with Gasteiger partial charge in [0.1, 0.15) is 0 Å². The Bertz CT molecular complexity index is 550. The number of rotatable bonds is 0. The van der Waals surface area contributed by atoms with Crippen LogP contribution in [-0.4, -0.2) is 0 Å². The summed E-state index contributed by atoms with van der Waals surface area (Å²) in [5.74, 6) is 5.53. The van der Waals surface area contributed by atoms with Gasteiger partial charge in [0.2, 0.25) is 0 Å². The number of allylic oxidation sites excluding steroid dienone is 3. The summed E-state index contributed by atoms with van der Waals surface area (Å²) < 4.78 is 0. The van der Waals surface area contributed by atoms with Gasteiger partial charge in [-0.15, -0.1) is 0 Å². The lowest BCUT2D eigenvalue weighted by molar-refractivity contribution is -0.0957. The topological polar surface area (TPSA) is 0 Å². The third kappa shape index (κ3) is 2.09. The molecule has 0 aromatic heterocycles. The van der Waals surface area contributed by atoms with E-state index in [0.29, 0.717) is 10.8 Å². The maximum absolute atomic E-state index is 4.26. The van der Waals surface area contributed by atoms with Crippen molar-refractivity contribution in [2.24, 2.45) is 46.3 Å². The molecule has 0 N–H and O–H groups in total. The second kappa shape index (κ2) is 4.99. The highest BCUT2D eigenvalue weighted by Crippen LogP contribution is 2.69. The smallest absolute Gasteiger partial charge is 0.0163 e. The van der Waals surface area contributed by atoms with Gasteiger partial charge in [-0.3, -0.25) is 0 Å². The van der Waals surface area contributed by atoms with Gasteiger partial charge in [0.05, 0.1) is 0 Å². The van der Waals surface area contributed by atoms with E-state index in [2.05, 4.69) is 47.3 Å². The fraction of sp³-hybridized carbons (Fsp3) is 0.826. The zero-order valence-electron chi connectivity index (χ0n) is 16.0. The fourth-order valence-electron chi connectivity index (χ4n) is 7.69. The molecule has 4 aliphatic rings. The monoisotopic (exact) mass is 312 g/mol. The number of hydrogen-bond donors (Lipinski definition) is 0. The molecule has 128 valence electrons. The van der Waals surface area contributed by atoms with Gasteiger partial charge < -0.3 is 0 Å². The van der Waals surface area contributed by atoms with Gasteiger partial charge in [0.15, 0.2) is 0 Å². The molecule has 7 atom stereocenters. The molecule has 0 heteroatoms. The van der Waals surface area contributed by atoms with E-state index in [1.54, 1.807) is 5.57 Å². The SMILES string of the molecule is C=C1C=C2C[C@@H](C)C3C(C(C)CC4(C)C3CCC4(C)C)C2CC1. The molecule has 0 heterocycles. The Balaban J connectivity index is 1.74. The molecule has 0 saturated heterocycles. The molecule has 0 aliphatic heterocycles. The molecule has 4 rings (SSSR count). The Morgan fingerprint density at radius 3 is 2.52 bits per heavy atom. The lowest BCUT2D eigenvalue weighted by Crippen LogP contribution is -2.53. The van der Waals surface area contributed by atoms with Crippen LogP contribution in [0.25, 0.3) is 0 Å². The van der Waals surface area contributed by atoms with Crippen molar-refractivity contribution in [2.75, 3.05) is 0 Å². The minimum Gasteiger partial charge on any atom is -0.0958 e. The Hall–Kier alpha value is -0.520. The molecular weight excluding hydrogens is 276 g/mol. The van der Waals surface area contributed by atoms with E-state index in [1.807, 2.05) is 0 Å². The first-order valence-corrected chi connectivity index (χ1v) is 10.1. The number of fused-ring (bicyclic) bond motifs is 5. The lowest BCUT2D eigenvalue weighted by Gasteiger charge is -2.60. The van der Waals surface area contributed by atoms with Gasteiger partial charge in [-0.2, -0.15) is 0 Å². The first kappa shape index (κ1) is 16.0. The van der Waals surface area contributed by atoms with E-state index < -0.39 is 0 Å². The average molecular weight is 313 g/mol. The van der Waals surface area contributed by atoms with Crippen molar-refractivity contribution in [3.63, 3.8) is 0 Å². The van der Waals surface area contributed by atoms with Crippen molar-refractivity contribution in [1.29, 1.82) is 0 Å². The normalized spacial score (nSPS) is 51.5. The highest BCUT2D eigenvalue weighted by molar-refractivity contribution is 5.30. The molecule has 3 fully saturated rings. The van der Waals surface area contributed by atoms with Gasteiger partial charge in [-0.1, -0.05) is 58.4 Å². The van der Waals surface area contributed by atoms with Crippen LogP contribution in [0.3, 0.4) is 0 Å². The van der Waals surface area contributed by atoms with Gasteiger partial charge in [0, 0.05) is 0 Å². The minimum atomic E-state index is 0.535. The van der Waals surface area contributed by atoms with Crippen LogP contribution in [-0.2, 0) is 0 Å². The summed E-state index contributed by atoms with van der Waals surface area (Å²) in [6, 6.07) is 0. The summed E-state index contributed by atoms with van der Waals surface area (Å²) >= 11 is 0. The van der Waals surface area contributed by atoms with E-state index in [4.69, 9.17) is 0 Å². The molecule has 23 heavy (non-hydrogen) atoms. The second-order valence-corrected chi connectivity index (χ2v) is 10.5. The fourth-order valence-corrected chi connectivity index (χ4v) is 7.69. The molecule has 6 unspecified atom stereocenters. The van der Waals surface area contributed by atoms with Crippen LogP contribution in [0.15, 0.2) is 23.8 Å². The first-order chi connectivity index (χ1) is 10.7. The summed E-state index contributed by atoms with van der Waals surface area (Å²) in [6.07, 6.45) is 10.9. The van der Waals surface area contributed by atoms with Crippen molar-refractivity contribution in [1.82, 2.24) is 0 Å². The molecule has 3 saturated carbocycles. The Kier molecular flexibility index (Phi) is 3.47. The van der Waals surface area contributed by atoms with Crippen LogP contribution in [0.4, 0.5) is 0 Å². The summed E-state index contributed by atoms with van der Waals surface area (Å²) in [5, 5.41) is 0. The molecule has 0 nitrogen and oxygen atoms in total. The van der Waals surface area contributed by atoms with Crippen LogP contribution in [0.1, 0.15) is 73.1 Å². The summed E-state index contributed by atoms with van der Waals surface area (Å²) in [5.41, 5.74) is 4.26. The highest BCUT2D eigenvalue weighted by atomic mass is 14.7. The molecule has 0 spiro atoms. The highest BCUT2D eigenvalue weighted by Gasteiger charge is 2.62. The lowest BCUT2D eigenvalue weighted by atomic mass is 9.45. The van der Waals surface area contributed by atoms with Crippen LogP contribution in [0.2, 0.25) is 0 Å². The zero-order chi connectivity index (χ0) is 16.6. The molecule has 0 bridgehead atoms. The summed E-state index contributed by atoms with van der Waals surface area (Å²) in [4.78, 5) is 0. The predicted molar refractivity (Wildman–Crippen MR) is 99.1 cm³/mol. The van der Waals surface area contributed by atoms with Crippen molar-refractivity contribution in [2.45, 2.75) is 73.1 Å². The average Bonchev–Trinajstić information content (AvgIpc) is 2.68. The van der Waals surface area contributed by atoms with Crippen LogP contribution >= 0.6 is 0 Å². The van der Waals surface area contributed by atoms with Crippen molar-refractivity contribution in [3.05, 3.63) is 23.8 Å². The predicted octanol–water partition coefficient (Wildman–Crippen LogP) is 6.63. The Morgan fingerprint density at radius 1 is 1.04 bits per heavy atom. The second-order valence-electron chi connectivity index (χ2n) is 10.5. The molecule has 0 aromatic rings. The van der Waals surface area contributed by atoms with E-state index in [-0.39, 0.29) is 0 Å². The third-order valence-electron chi connectivity index (χ3n) is 9.08. The van der Waals surface area contributed by atoms with Crippen LogP contribution < -0.4 is 0 Å². The molecule has 0 aromatic carbocycles. The van der Waals surface area contributed by atoms with E-state index in [9.17, 15) is 0 Å². The van der Waals surface area contributed by atoms with Crippen molar-refractivity contribution in [3.8, 4) is 0 Å². The van der Waals surface area contributed by atoms with Gasteiger partial charge in [-0.25, -0.2) is 0 Å². The molecule has 0 radical (unpaired) electrons. The maximum atomic E-state index is 4.26. The maximum Gasteiger partial charge on any atom is -0.0163 e. The standard InChI is InChI=1S/C23H36/c1-14-7-8-18-17(11-14)12-15(2)21-19-9-10-22(4,5)23(19,6)13-16(3)20(18)21/h11,15-16,18-21H,1,7-10,12-13H2,2-6H3/t15-,16?,18?,19?,20?,21?,23?/m1/s1. The Labute approximate surface area is 143 Å².